The summed E-state index contributed by atoms with van der Waals surface area (Å²) in [5.41, 5.74) is 6.35. The summed E-state index contributed by atoms with van der Waals surface area (Å²) in [7, 11) is 0. The molecule has 2 atom stereocenters. The lowest BCUT2D eigenvalue weighted by atomic mass is 9.86. The van der Waals surface area contributed by atoms with E-state index >= 15 is 0 Å². The van der Waals surface area contributed by atoms with Gasteiger partial charge in [-0.15, -0.1) is 0 Å². The summed E-state index contributed by atoms with van der Waals surface area (Å²) in [5, 5.41) is 2.60. The van der Waals surface area contributed by atoms with Gasteiger partial charge in [-0.1, -0.05) is 70.2 Å². The van der Waals surface area contributed by atoms with E-state index in [1.165, 1.54) is 22.3 Å². The summed E-state index contributed by atoms with van der Waals surface area (Å²) in [6.07, 6.45) is 3.14. The van der Waals surface area contributed by atoms with E-state index in [0.29, 0.717) is 11.8 Å². The number of thiocarbonyl (C=S) groups is 1. The minimum absolute atomic E-state index is 0.464. The first-order chi connectivity index (χ1) is 11.6. The van der Waals surface area contributed by atoms with Gasteiger partial charge in [0.1, 0.15) is 0 Å². The Morgan fingerprint density at radius 3 is 1.92 bits per heavy atom. The molecule has 0 aliphatic carbocycles. The van der Waals surface area contributed by atoms with E-state index < -0.39 is 0 Å². The van der Waals surface area contributed by atoms with Gasteiger partial charge in [0.15, 0.2) is 0 Å². The first kappa shape index (κ1) is 18.6. The molecule has 2 aromatic carbocycles. The van der Waals surface area contributed by atoms with E-state index in [2.05, 4.69) is 80.3 Å². The normalized spacial score (nSPS) is 13.2. The summed E-state index contributed by atoms with van der Waals surface area (Å²) in [6, 6.07) is 15.3. The molecular weight excluding hydrogens is 310 g/mol. The van der Waals surface area contributed by atoms with E-state index in [1.807, 2.05) is 0 Å². The predicted molar refractivity (Wildman–Crippen MR) is 108 cm³/mol. The van der Waals surface area contributed by atoms with Gasteiger partial charge in [-0.05, 0) is 65.6 Å². The zero-order valence-corrected chi connectivity index (χ0v) is 16.0. The molecule has 0 aliphatic heterocycles. The fourth-order valence-corrected chi connectivity index (χ4v) is 3.14. The van der Waals surface area contributed by atoms with Gasteiger partial charge in [-0.3, -0.25) is 0 Å². The molecule has 0 aliphatic rings. The molecule has 0 bridgehead atoms. The average Bonchev–Trinajstić information content (AvgIpc) is 2.62. The first-order valence-electron chi connectivity index (χ1n) is 8.89. The Kier molecular flexibility index (Phi) is 6.90. The van der Waals surface area contributed by atoms with Crippen LogP contribution in [0.25, 0.3) is 0 Å². The molecule has 0 heterocycles. The SMILES string of the molecule is CCC(C)c1cc(Cc2ccccc2)cc(C(C)CC)c1N=C=S. The van der Waals surface area contributed by atoms with Gasteiger partial charge in [-0.25, -0.2) is 0 Å². The van der Waals surface area contributed by atoms with Crippen LogP contribution in [-0.4, -0.2) is 5.16 Å². The van der Waals surface area contributed by atoms with E-state index in [9.17, 15) is 0 Å². The fourth-order valence-electron chi connectivity index (χ4n) is 3.04. The average molecular weight is 338 g/mol. The minimum atomic E-state index is 0.464. The van der Waals surface area contributed by atoms with Crippen molar-refractivity contribution in [1.82, 2.24) is 0 Å². The number of nitrogens with zero attached hydrogens (tertiary/aromatic N) is 1. The van der Waals surface area contributed by atoms with Crippen molar-refractivity contribution in [3.63, 3.8) is 0 Å². The van der Waals surface area contributed by atoms with Crippen molar-refractivity contribution in [2.24, 2.45) is 4.99 Å². The van der Waals surface area contributed by atoms with Gasteiger partial charge >= 0.3 is 0 Å². The van der Waals surface area contributed by atoms with E-state index in [4.69, 9.17) is 12.2 Å². The second-order valence-electron chi connectivity index (χ2n) is 6.61. The highest BCUT2D eigenvalue weighted by Gasteiger charge is 2.18. The Morgan fingerprint density at radius 1 is 0.917 bits per heavy atom. The van der Waals surface area contributed by atoms with Gasteiger partial charge in [0, 0.05) is 0 Å². The van der Waals surface area contributed by atoms with Gasteiger partial charge in [0.25, 0.3) is 0 Å². The van der Waals surface area contributed by atoms with E-state index in [0.717, 1.165) is 24.9 Å². The molecule has 0 saturated carbocycles. The molecule has 2 heteroatoms. The lowest BCUT2D eigenvalue weighted by molar-refractivity contribution is 0.710. The summed E-state index contributed by atoms with van der Waals surface area (Å²) in [5.74, 6) is 0.927. The second kappa shape index (κ2) is 8.92. The Labute approximate surface area is 151 Å². The molecule has 2 aromatic rings. The molecule has 24 heavy (non-hydrogen) atoms. The van der Waals surface area contributed by atoms with Gasteiger partial charge in [0.05, 0.1) is 10.8 Å². The van der Waals surface area contributed by atoms with Gasteiger partial charge < -0.3 is 0 Å². The number of benzene rings is 2. The number of hydrogen-bond donors (Lipinski definition) is 0. The van der Waals surface area contributed by atoms with Crippen LogP contribution in [0, 0.1) is 0 Å². The lowest BCUT2D eigenvalue weighted by Gasteiger charge is -2.20. The van der Waals surface area contributed by atoms with Crippen molar-refractivity contribution in [3.05, 3.63) is 64.7 Å². The van der Waals surface area contributed by atoms with Crippen LogP contribution in [0.3, 0.4) is 0 Å². The third-order valence-electron chi connectivity index (χ3n) is 4.92. The molecule has 2 unspecified atom stereocenters. The quantitative estimate of drug-likeness (QED) is 0.390. The molecule has 0 radical (unpaired) electrons. The van der Waals surface area contributed by atoms with Gasteiger partial charge in [0.2, 0.25) is 0 Å². The summed E-state index contributed by atoms with van der Waals surface area (Å²) < 4.78 is 0. The topological polar surface area (TPSA) is 12.4 Å². The summed E-state index contributed by atoms with van der Waals surface area (Å²) >= 11 is 4.92. The molecule has 0 N–H and O–H groups in total. The maximum atomic E-state index is 4.92. The zero-order chi connectivity index (χ0) is 17.5. The molecule has 0 aromatic heterocycles. The summed E-state index contributed by atoms with van der Waals surface area (Å²) in [4.78, 5) is 4.46. The third kappa shape index (κ3) is 4.41. The van der Waals surface area contributed by atoms with Crippen molar-refractivity contribution in [3.8, 4) is 0 Å². The van der Waals surface area contributed by atoms with Crippen LogP contribution in [0.2, 0.25) is 0 Å². The first-order valence-corrected chi connectivity index (χ1v) is 9.29. The molecule has 0 amide bonds. The van der Waals surface area contributed by atoms with Crippen LogP contribution in [0.4, 0.5) is 5.69 Å². The molecule has 0 saturated heterocycles. The smallest absolute Gasteiger partial charge is 0.0809 e. The molecule has 1 nitrogen and oxygen atoms in total. The maximum Gasteiger partial charge on any atom is 0.0809 e. The largest absolute Gasteiger partial charge is 0.194 e. The van der Waals surface area contributed by atoms with Gasteiger partial charge in [-0.2, -0.15) is 4.99 Å². The fraction of sp³-hybridized carbons (Fsp3) is 0.409. The minimum Gasteiger partial charge on any atom is -0.194 e. The molecule has 0 fully saturated rings. The predicted octanol–water partition coefficient (Wildman–Crippen LogP) is 7.04. The Balaban J connectivity index is 2.58. The third-order valence-corrected chi connectivity index (χ3v) is 5.02. The Hall–Kier alpha value is -1.76. The van der Waals surface area contributed by atoms with Crippen LogP contribution in [0.5, 0.6) is 0 Å². The van der Waals surface area contributed by atoms with Crippen LogP contribution >= 0.6 is 12.2 Å². The molecule has 2 rings (SSSR count). The number of hydrogen-bond acceptors (Lipinski definition) is 2. The van der Waals surface area contributed by atoms with Crippen LogP contribution in [-0.2, 0) is 6.42 Å². The van der Waals surface area contributed by atoms with Crippen molar-refractivity contribution in [2.45, 2.75) is 58.8 Å². The van der Waals surface area contributed by atoms with Crippen molar-refractivity contribution < 1.29 is 0 Å². The number of isothiocyanates is 1. The van der Waals surface area contributed by atoms with Crippen molar-refractivity contribution in [1.29, 1.82) is 0 Å². The summed E-state index contributed by atoms with van der Waals surface area (Å²) in [6.45, 7) is 8.99. The second-order valence-corrected chi connectivity index (χ2v) is 6.79. The monoisotopic (exact) mass is 337 g/mol. The number of rotatable bonds is 7. The van der Waals surface area contributed by atoms with Crippen LogP contribution in [0.15, 0.2) is 47.5 Å². The van der Waals surface area contributed by atoms with Crippen LogP contribution in [0.1, 0.15) is 74.6 Å². The van der Waals surface area contributed by atoms with Crippen LogP contribution < -0.4 is 0 Å². The molecule has 126 valence electrons. The highest BCUT2D eigenvalue weighted by Crippen LogP contribution is 2.38. The number of aliphatic imine (C=N–C) groups is 1. The lowest BCUT2D eigenvalue weighted by Crippen LogP contribution is -2.02. The van der Waals surface area contributed by atoms with E-state index in [1.54, 1.807) is 0 Å². The van der Waals surface area contributed by atoms with Crippen molar-refractivity contribution >= 4 is 23.1 Å². The Morgan fingerprint density at radius 2 is 1.46 bits per heavy atom. The standard InChI is InChI=1S/C22H27NS/c1-5-16(3)20-13-19(12-18-10-8-7-9-11-18)14-21(17(4)6-2)22(20)23-15-24/h7-11,13-14,16-17H,5-6,12H2,1-4H3. The maximum absolute atomic E-state index is 4.92. The van der Waals surface area contributed by atoms with E-state index in [-0.39, 0.29) is 0 Å². The highest BCUT2D eigenvalue weighted by atomic mass is 32.1. The zero-order valence-electron chi connectivity index (χ0n) is 15.2. The molecular formula is C22H27NS. The highest BCUT2D eigenvalue weighted by molar-refractivity contribution is 7.78. The molecule has 0 spiro atoms. The van der Waals surface area contributed by atoms with Crippen molar-refractivity contribution in [2.75, 3.05) is 0 Å². The Bertz CT molecular complexity index is 683.